The minimum absolute atomic E-state index is 0.0359. The van der Waals surface area contributed by atoms with E-state index in [1.165, 1.54) is 35.9 Å². The SMILES string of the molecule is CCCCn1nc(C(=O)Nc2ccc(F)c(NC(C)=O)c2)ccc1=O. The number of amides is 2. The number of carbonyl (C=O) groups excluding carboxylic acids is 2. The quantitative estimate of drug-likeness (QED) is 0.840. The standard InChI is InChI=1S/C17H19FN4O3/c1-3-4-9-22-16(24)8-7-14(21-22)17(25)20-12-5-6-13(18)15(10-12)19-11(2)23/h5-8,10H,3-4,9H2,1-2H3,(H,19,23)(H,20,25). The van der Waals surface area contributed by atoms with Gasteiger partial charge in [-0.2, -0.15) is 5.10 Å². The van der Waals surface area contributed by atoms with Gasteiger partial charge >= 0.3 is 0 Å². The van der Waals surface area contributed by atoms with Crippen LogP contribution in [-0.4, -0.2) is 21.6 Å². The van der Waals surface area contributed by atoms with Gasteiger partial charge in [0.15, 0.2) is 0 Å². The average molecular weight is 346 g/mol. The molecule has 25 heavy (non-hydrogen) atoms. The third kappa shape index (κ3) is 4.97. The van der Waals surface area contributed by atoms with Crippen molar-refractivity contribution in [3.8, 4) is 0 Å². The van der Waals surface area contributed by atoms with Gasteiger partial charge in [-0.1, -0.05) is 13.3 Å². The maximum atomic E-state index is 13.6. The second-order valence-corrected chi connectivity index (χ2v) is 5.46. The van der Waals surface area contributed by atoms with Gasteiger partial charge in [0.1, 0.15) is 11.5 Å². The van der Waals surface area contributed by atoms with Crippen molar-refractivity contribution in [1.82, 2.24) is 9.78 Å². The molecule has 1 aromatic heterocycles. The molecular formula is C17H19FN4O3. The summed E-state index contributed by atoms with van der Waals surface area (Å²) in [6.07, 6.45) is 1.67. The summed E-state index contributed by atoms with van der Waals surface area (Å²) < 4.78 is 14.9. The van der Waals surface area contributed by atoms with E-state index in [4.69, 9.17) is 0 Å². The van der Waals surface area contributed by atoms with Crippen molar-refractivity contribution < 1.29 is 14.0 Å². The lowest BCUT2D eigenvalue weighted by Gasteiger charge is -2.09. The van der Waals surface area contributed by atoms with Gasteiger partial charge in [-0.15, -0.1) is 0 Å². The Hall–Kier alpha value is -3.03. The van der Waals surface area contributed by atoms with Crippen molar-refractivity contribution in [1.29, 1.82) is 0 Å². The molecule has 0 saturated heterocycles. The summed E-state index contributed by atoms with van der Waals surface area (Å²) in [6.45, 7) is 3.68. The Bertz CT molecular complexity index is 848. The molecule has 0 spiro atoms. The van der Waals surface area contributed by atoms with Gasteiger partial charge in [0, 0.05) is 25.2 Å². The van der Waals surface area contributed by atoms with Crippen LogP contribution in [0.2, 0.25) is 0 Å². The highest BCUT2D eigenvalue weighted by Crippen LogP contribution is 2.20. The first-order valence-electron chi connectivity index (χ1n) is 7.87. The largest absolute Gasteiger partial charge is 0.324 e. The van der Waals surface area contributed by atoms with Crippen LogP contribution in [0.4, 0.5) is 15.8 Å². The van der Waals surface area contributed by atoms with Gasteiger partial charge in [0.05, 0.1) is 5.69 Å². The van der Waals surface area contributed by atoms with E-state index in [2.05, 4.69) is 15.7 Å². The summed E-state index contributed by atoms with van der Waals surface area (Å²) in [7, 11) is 0. The molecular weight excluding hydrogens is 327 g/mol. The monoisotopic (exact) mass is 346 g/mol. The average Bonchev–Trinajstić information content (AvgIpc) is 2.56. The van der Waals surface area contributed by atoms with Gasteiger partial charge in [-0.05, 0) is 30.7 Å². The number of nitrogens with one attached hydrogen (secondary N) is 2. The van der Waals surface area contributed by atoms with Crippen LogP contribution in [0.1, 0.15) is 37.2 Å². The summed E-state index contributed by atoms with van der Waals surface area (Å²) in [5.74, 6) is -1.57. The first-order chi connectivity index (χ1) is 11.9. The Balaban J connectivity index is 2.19. The molecule has 0 aliphatic heterocycles. The molecule has 1 aromatic carbocycles. The van der Waals surface area contributed by atoms with E-state index in [9.17, 15) is 18.8 Å². The second-order valence-electron chi connectivity index (χ2n) is 5.46. The molecule has 0 bridgehead atoms. The number of unbranched alkanes of at least 4 members (excludes halogenated alkanes) is 1. The maximum absolute atomic E-state index is 13.6. The van der Waals surface area contributed by atoms with Gasteiger partial charge in [0.25, 0.3) is 11.5 Å². The molecule has 7 nitrogen and oxygen atoms in total. The normalized spacial score (nSPS) is 10.4. The van der Waals surface area contributed by atoms with Gasteiger partial charge in [-0.25, -0.2) is 9.07 Å². The van der Waals surface area contributed by atoms with Crippen molar-refractivity contribution in [2.45, 2.75) is 33.2 Å². The van der Waals surface area contributed by atoms with E-state index < -0.39 is 17.6 Å². The number of benzene rings is 1. The molecule has 0 saturated carbocycles. The Morgan fingerprint density at radius 1 is 1.20 bits per heavy atom. The molecule has 8 heteroatoms. The minimum atomic E-state index is -0.612. The highest BCUT2D eigenvalue weighted by molar-refractivity contribution is 6.03. The van der Waals surface area contributed by atoms with Crippen LogP contribution >= 0.6 is 0 Å². The topological polar surface area (TPSA) is 93.1 Å². The number of nitrogens with zero attached hydrogens (tertiary/aromatic N) is 2. The minimum Gasteiger partial charge on any atom is -0.324 e. The fourth-order valence-electron chi connectivity index (χ4n) is 2.12. The molecule has 2 rings (SSSR count). The summed E-state index contributed by atoms with van der Waals surface area (Å²) in [6, 6.07) is 6.42. The molecule has 2 N–H and O–H groups in total. The van der Waals surface area contributed by atoms with Crippen LogP contribution in [0.5, 0.6) is 0 Å². The first-order valence-corrected chi connectivity index (χ1v) is 7.87. The lowest BCUT2D eigenvalue weighted by molar-refractivity contribution is -0.114. The molecule has 1 heterocycles. The number of aromatic nitrogens is 2. The molecule has 0 fully saturated rings. The molecule has 132 valence electrons. The van der Waals surface area contributed by atoms with E-state index in [0.29, 0.717) is 12.2 Å². The van der Waals surface area contributed by atoms with E-state index in [1.807, 2.05) is 6.92 Å². The number of anilines is 2. The van der Waals surface area contributed by atoms with Crippen LogP contribution in [-0.2, 0) is 11.3 Å². The second kappa shape index (κ2) is 8.18. The van der Waals surface area contributed by atoms with E-state index >= 15 is 0 Å². The summed E-state index contributed by atoms with van der Waals surface area (Å²) in [5, 5.41) is 8.95. The van der Waals surface area contributed by atoms with Crippen LogP contribution in [0, 0.1) is 5.82 Å². The smallest absolute Gasteiger partial charge is 0.276 e. The first kappa shape index (κ1) is 18.3. The van der Waals surface area contributed by atoms with Gasteiger partial charge in [0.2, 0.25) is 5.91 Å². The van der Waals surface area contributed by atoms with Crippen molar-refractivity contribution in [3.63, 3.8) is 0 Å². The zero-order chi connectivity index (χ0) is 18.4. The predicted molar refractivity (Wildman–Crippen MR) is 92.1 cm³/mol. The molecule has 0 aliphatic carbocycles. The molecule has 0 aliphatic rings. The molecule has 2 amide bonds. The van der Waals surface area contributed by atoms with E-state index in [-0.39, 0.29) is 16.9 Å². The number of hydrogen-bond donors (Lipinski definition) is 2. The third-order valence-corrected chi connectivity index (χ3v) is 3.36. The van der Waals surface area contributed by atoms with Gasteiger partial charge < -0.3 is 10.6 Å². The molecule has 0 radical (unpaired) electrons. The lowest BCUT2D eigenvalue weighted by atomic mass is 10.2. The number of rotatable bonds is 6. The highest BCUT2D eigenvalue weighted by Gasteiger charge is 2.12. The number of hydrogen-bond acceptors (Lipinski definition) is 4. The fourth-order valence-corrected chi connectivity index (χ4v) is 2.12. The summed E-state index contributed by atoms with van der Waals surface area (Å²) >= 11 is 0. The van der Waals surface area contributed by atoms with Crippen LogP contribution in [0.3, 0.4) is 0 Å². The summed E-state index contributed by atoms with van der Waals surface area (Å²) in [4.78, 5) is 35.1. The zero-order valence-corrected chi connectivity index (χ0v) is 14.0. The predicted octanol–water partition coefficient (Wildman–Crippen LogP) is 2.39. The zero-order valence-electron chi connectivity index (χ0n) is 14.0. The Labute approximate surface area is 143 Å². The highest BCUT2D eigenvalue weighted by atomic mass is 19.1. The number of halogens is 1. The maximum Gasteiger partial charge on any atom is 0.276 e. The summed E-state index contributed by atoms with van der Waals surface area (Å²) in [5.41, 5.74) is 0.0512. The fraction of sp³-hybridized carbons (Fsp3) is 0.294. The lowest BCUT2D eigenvalue weighted by Crippen LogP contribution is -2.26. The number of aryl methyl sites for hydroxylation is 1. The van der Waals surface area contributed by atoms with Gasteiger partial charge in [-0.3, -0.25) is 14.4 Å². The van der Waals surface area contributed by atoms with Crippen LogP contribution < -0.4 is 16.2 Å². The Kier molecular flexibility index (Phi) is 5.99. The van der Waals surface area contributed by atoms with Crippen LogP contribution in [0.15, 0.2) is 35.1 Å². The van der Waals surface area contributed by atoms with Crippen LogP contribution in [0.25, 0.3) is 0 Å². The third-order valence-electron chi connectivity index (χ3n) is 3.36. The molecule has 2 aromatic rings. The molecule has 0 atom stereocenters. The van der Waals surface area contributed by atoms with Crippen molar-refractivity contribution in [2.75, 3.05) is 10.6 Å². The van der Waals surface area contributed by atoms with Crippen molar-refractivity contribution >= 4 is 23.2 Å². The Morgan fingerprint density at radius 3 is 2.64 bits per heavy atom. The van der Waals surface area contributed by atoms with Crippen molar-refractivity contribution in [3.05, 3.63) is 52.2 Å². The van der Waals surface area contributed by atoms with Crippen molar-refractivity contribution in [2.24, 2.45) is 0 Å². The van der Waals surface area contributed by atoms with E-state index in [0.717, 1.165) is 18.9 Å². The molecule has 0 unspecified atom stereocenters. The van der Waals surface area contributed by atoms with E-state index in [1.54, 1.807) is 0 Å². The Morgan fingerprint density at radius 2 is 1.96 bits per heavy atom. The number of carbonyl (C=O) groups is 2.